The Hall–Kier alpha value is -1.03. The van der Waals surface area contributed by atoms with E-state index in [-0.39, 0.29) is 5.25 Å². The lowest BCUT2D eigenvalue weighted by atomic mass is 10.2. The summed E-state index contributed by atoms with van der Waals surface area (Å²) in [6, 6.07) is 4.01. The van der Waals surface area contributed by atoms with E-state index < -0.39 is 0 Å². The van der Waals surface area contributed by atoms with Crippen molar-refractivity contribution < 1.29 is 0 Å². The van der Waals surface area contributed by atoms with Crippen LogP contribution in [0.1, 0.15) is 17.7 Å². The molecule has 0 bridgehead atoms. The fourth-order valence-electron chi connectivity index (χ4n) is 1.09. The summed E-state index contributed by atoms with van der Waals surface area (Å²) < 4.78 is 1.87. The van der Waals surface area contributed by atoms with Crippen molar-refractivity contribution in [1.29, 1.82) is 0 Å². The molecule has 62 valence electrons. The molecular formula is C8H9N3S. The van der Waals surface area contributed by atoms with Crippen LogP contribution in [0.2, 0.25) is 0 Å². The molecule has 0 aromatic carbocycles. The van der Waals surface area contributed by atoms with Crippen LogP contribution in [-0.2, 0) is 0 Å². The topological polar surface area (TPSA) is 30.2 Å². The van der Waals surface area contributed by atoms with Gasteiger partial charge in [0, 0.05) is 11.4 Å². The van der Waals surface area contributed by atoms with Crippen LogP contribution in [0.25, 0.3) is 5.65 Å². The molecule has 0 amide bonds. The fourth-order valence-corrected chi connectivity index (χ4v) is 1.25. The summed E-state index contributed by atoms with van der Waals surface area (Å²) in [6.45, 7) is 2.03. The third-order valence-electron chi connectivity index (χ3n) is 1.81. The number of rotatable bonds is 1. The molecule has 0 radical (unpaired) electrons. The minimum Gasteiger partial charge on any atom is -0.289 e. The van der Waals surface area contributed by atoms with Gasteiger partial charge in [-0.1, -0.05) is 0 Å². The summed E-state index contributed by atoms with van der Waals surface area (Å²) in [6.07, 6.45) is 3.62. The Bertz CT molecular complexity index is 394. The number of nitrogens with zero attached hydrogens (tertiary/aromatic N) is 3. The molecule has 2 aromatic rings. The van der Waals surface area contributed by atoms with Gasteiger partial charge in [-0.2, -0.15) is 12.6 Å². The van der Waals surface area contributed by atoms with Crippen LogP contribution in [0.3, 0.4) is 0 Å². The van der Waals surface area contributed by atoms with Gasteiger partial charge in [0.2, 0.25) is 0 Å². The smallest absolute Gasteiger partial charge is 0.160 e. The van der Waals surface area contributed by atoms with Crippen LogP contribution < -0.4 is 0 Å². The van der Waals surface area contributed by atoms with Crippen LogP contribution in [-0.4, -0.2) is 14.6 Å². The van der Waals surface area contributed by atoms with E-state index in [2.05, 4.69) is 22.8 Å². The second-order valence-electron chi connectivity index (χ2n) is 2.73. The van der Waals surface area contributed by atoms with Crippen molar-refractivity contribution in [1.82, 2.24) is 14.6 Å². The molecule has 2 rings (SSSR count). The van der Waals surface area contributed by atoms with Crippen LogP contribution >= 0.6 is 12.6 Å². The van der Waals surface area contributed by atoms with Crippen molar-refractivity contribution in [2.75, 3.05) is 0 Å². The van der Waals surface area contributed by atoms with Crippen LogP contribution in [0.4, 0.5) is 0 Å². The standard InChI is InChI=1S/C8H9N3S/c1-6(12)7-2-3-11-5-9-10-8(11)4-7/h2-6,12H,1H3. The van der Waals surface area contributed by atoms with E-state index in [4.69, 9.17) is 0 Å². The zero-order valence-corrected chi connectivity index (χ0v) is 7.57. The average Bonchev–Trinajstić information content (AvgIpc) is 2.49. The fraction of sp³-hybridized carbons (Fsp3) is 0.250. The number of hydrogen-bond donors (Lipinski definition) is 1. The first-order valence-corrected chi connectivity index (χ1v) is 4.26. The Morgan fingerprint density at radius 2 is 2.42 bits per heavy atom. The van der Waals surface area contributed by atoms with Gasteiger partial charge in [-0.3, -0.25) is 4.40 Å². The van der Waals surface area contributed by atoms with Gasteiger partial charge in [0.05, 0.1) is 0 Å². The first-order valence-electron chi connectivity index (χ1n) is 3.75. The van der Waals surface area contributed by atoms with E-state index in [1.54, 1.807) is 6.33 Å². The predicted molar refractivity (Wildman–Crippen MR) is 50.4 cm³/mol. The van der Waals surface area contributed by atoms with Crippen molar-refractivity contribution in [2.45, 2.75) is 12.2 Å². The maximum Gasteiger partial charge on any atom is 0.160 e. The molecule has 0 saturated heterocycles. The number of thiol groups is 1. The highest BCUT2D eigenvalue weighted by Gasteiger charge is 2.01. The first-order chi connectivity index (χ1) is 5.77. The number of fused-ring (bicyclic) bond motifs is 1. The Morgan fingerprint density at radius 3 is 3.17 bits per heavy atom. The minimum absolute atomic E-state index is 0.242. The van der Waals surface area contributed by atoms with E-state index in [1.165, 1.54) is 5.56 Å². The average molecular weight is 179 g/mol. The first kappa shape index (κ1) is 7.61. The van der Waals surface area contributed by atoms with Gasteiger partial charge in [-0.15, -0.1) is 10.2 Å². The molecule has 0 spiro atoms. The molecule has 0 aliphatic carbocycles. The summed E-state index contributed by atoms with van der Waals surface area (Å²) in [7, 11) is 0. The quantitative estimate of drug-likeness (QED) is 0.676. The van der Waals surface area contributed by atoms with Gasteiger partial charge in [-0.25, -0.2) is 0 Å². The lowest BCUT2D eigenvalue weighted by Crippen LogP contribution is -1.88. The van der Waals surface area contributed by atoms with E-state index in [1.807, 2.05) is 29.7 Å². The van der Waals surface area contributed by atoms with Crippen molar-refractivity contribution in [3.05, 3.63) is 30.2 Å². The van der Waals surface area contributed by atoms with Crippen LogP contribution in [0.15, 0.2) is 24.7 Å². The third-order valence-corrected chi connectivity index (χ3v) is 2.10. The summed E-state index contributed by atoms with van der Waals surface area (Å²) >= 11 is 4.34. The highest BCUT2D eigenvalue weighted by molar-refractivity contribution is 7.80. The third kappa shape index (κ3) is 1.18. The zero-order chi connectivity index (χ0) is 8.55. The van der Waals surface area contributed by atoms with Crippen molar-refractivity contribution in [2.24, 2.45) is 0 Å². The molecule has 0 saturated carbocycles. The van der Waals surface area contributed by atoms with Gasteiger partial charge in [0.1, 0.15) is 6.33 Å². The molecular weight excluding hydrogens is 170 g/mol. The molecule has 1 atom stereocenters. The number of pyridine rings is 1. The van der Waals surface area contributed by atoms with Crippen LogP contribution in [0, 0.1) is 0 Å². The summed E-state index contributed by atoms with van der Waals surface area (Å²) in [4.78, 5) is 0. The van der Waals surface area contributed by atoms with Gasteiger partial charge in [-0.05, 0) is 24.6 Å². The molecule has 0 N–H and O–H groups in total. The molecule has 1 unspecified atom stereocenters. The number of hydrogen-bond acceptors (Lipinski definition) is 3. The molecule has 2 heterocycles. The number of aromatic nitrogens is 3. The molecule has 0 aliphatic rings. The van der Waals surface area contributed by atoms with Gasteiger partial charge in [0.25, 0.3) is 0 Å². The van der Waals surface area contributed by atoms with Crippen molar-refractivity contribution in [3.63, 3.8) is 0 Å². The van der Waals surface area contributed by atoms with Crippen LogP contribution in [0.5, 0.6) is 0 Å². The normalized spacial score (nSPS) is 13.5. The molecule has 0 fully saturated rings. The predicted octanol–water partition coefficient (Wildman–Crippen LogP) is 1.72. The molecule has 2 aromatic heterocycles. The zero-order valence-electron chi connectivity index (χ0n) is 6.68. The Morgan fingerprint density at radius 1 is 1.58 bits per heavy atom. The Labute approximate surface area is 75.8 Å². The van der Waals surface area contributed by atoms with E-state index >= 15 is 0 Å². The summed E-state index contributed by atoms with van der Waals surface area (Å²) in [5, 5.41) is 7.97. The maximum absolute atomic E-state index is 4.34. The minimum atomic E-state index is 0.242. The molecule has 0 aliphatic heterocycles. The lowest BCUT2D eigenvalue weighted by Gasteiger charge is -2.03. The van der Waals surface area contributed by atoms with Gasteiger partial charge in [0.15, 0.2) is 5.65 Å². The SMILES string of the molecule is CC(S)c1ccn2cnnc2c1. The van der Waals surface area contributed by atoms with E-state index in [9.17, 15) is 0 Å². The lowest BCUT2D eigenvalue weighted by molar-refractivity contribution is 1.08. The van der Waals surface area contributed by atoms with E-state index in [0.717, 1.165) is 5.65 Å². The highest BCUT2D eigenvalue weighted by atomic mass is 32.1. The highest BCUT2D eigenvalue weighted by Crippen LogP contribution is 2.18. The van der Waals surface area contributed by atoms with Gasteiger partial charge >= 0.3 is 0 Å². The molecule has 4 heteroatoms. The molecule has 12 heavy (non-hydrogen) atoms. The monoisotopic (exact) mass is 179 g/mol. The van der Waals surface area contributed by atoms with Crippen molar-refractivity contribution in [3.8, 4) is 0 Å². The van der Waals surface area contributed by atoms with Gasteiger partial charge < -0.3 is 0 Å². The summed E-state index contributed by atoms with van der Waals surface area (Å²) in [5.74, 6) is 0. The Balaban J connectivity index is 2.60. The van der Waals surface area contributed by atoms with E-state index in [0.29, 0.717) is 0 Å². The largest absolute Gasteiger partial charge is 0.289 e. The summed E-state index contributed by atoms with van der Waals surface area (Å²) in [5.41, 5.74) is 2.03. The Kier molecular flexibility index (Phi) is 1.77. The maximum atomic E-state index is 4.34. The van der Waals surface area contributed by atoms with Crippen molar-refractivity contribution >= 4 is 18.3 Å². The molecule has 3 nitrogen and oxygen atoms in total. The second kappa shape index (κ2) is 2.79. The second-order valence-corrected chi connectivity index (χ2v) is 3.51.